The Balaban J connectivity index is 2.14. The lowest BCUT2D eigenvalue weighted by Gasteiger charge is -2.13. The monoisotopic (exact) mass is 272 g/mol. The number of rotatable bonds is 4. The largest absolute Gasteiger partial charge is 0.346 e. The van der Waals surface area contributed by atoms with Crippen molar-refractivity contribution in [3.8, 4) is 10.4 Å². The van der Waals surface area contributed by atoms with Crippen molar-refractivity contribution in [1.82, 2.24) is 10.3 Å². The third-order valence-corrected chi connectivity index (χ3v) is 3.82. The molecule has 1 aromatic carbocycles. The highest BCUT2D eigenvalue weighted by Crippen LogP contribution is 2.26. The molecule has 4 heteroatoms. The van der Waals surface area contributed by atoms with Crippen LogP contribution in [-0.2, 0) is 4.79 Å². The van der Waals surface area contributed by atoms with E-state index in [1.165, 1.54) is 6.08 Å². The van der Waals surface area contributed by atoms with Crippen LogP contribution in [0.15, 0.2) is 43.1 Å². The van der Waals surface area contributed by atoms with Gasteiger partial charge in [-0.15, -0.1) is 11.3 Å². The number of hydrogen-bond acceptors (Lipinski definition) is 3. The summed E-state index contributed by atoms with van der Waals surface area (Å²) in [7, 11) is 0. The number of carbonyl (C=O) groups excluding carboxylic acids is 1. The predicted molar refractivity (Wildman–Crippen MR) is 79.0 cm³/mol. The number of benzene rings is 1. The Morgan fingerprint density at radius 2 is 2.11 bits per heavy atom. The molecule has 2 rings (SSSR count). The fourth-order valence-electron chi connectivity index (χ4n) is 1.79. The maximum atomic E-state index is 11.3. The van der Waals surface area contributed by atoms with Gasteiger partial charge in [0.2, 0.25) is 5.91 Å². The first-order valence-electron chi connectivity index (χ1n) is 6.06. The molecule has 0 aliphatic rings. The minimum Gasteiger partial charge on any atom is -0.346 e. The highest BCUT2D eigenvalue weighted by atomic mass is 32.1. The van der Waals surface area contributed by atoms with E-state index in [1.54, 1.807) is 11.3 Å². The summed E-state index contributed by atoms with van der Waals surface area (Å²) < 4.78 is 0. The topological polar surface area (TPSA) is 42.0 Å². The SMILES string of the molecule is C=CC(=O)N[C@H](C)c1ccc(-c2cnc(C)s2)cc1. The van der Waals surface area contributed by atoms with Crippen molar-refractivity contribution in [2.24, 2.45) is 0 Å². The van der Waals surface area contributed by atoms with Crippen LogP contribution in [0.2, 0.25) is 0 Å². The van der Waals surface area contributed by atoms with Crippen molar-refractivity contribution >= 4 is 17.2 Å². The molecule has 1 heterocycles. The number of nitrogens with zero attached hydrogens (tertiary/aromatic N) is 1. The van der Waals surface area contributed by atoms with Crippen LogP contribution in [0.5, 0.6) is 0 Å². The summed E-state index contributed by atoms with van der Waals surface area (Å²) in [6.45, 7) is 7.39. The first kappa shape index (κ1) is 13.5. The Morgan fingerprint density at radius 1 is 1.42 bits per heavy atom. The third kappa shape index (κ3) is 3.29. The summed E-state index contributed by atoms with van der Waals surface area (Å²) in [4.78, 5) is 16.7. The number of hydrogen-bond donors (Lipinski definition) is 1. The van der Waals surface area contributed by atoms with Crippen LogP contribution in [0.1, 0.15) is 23.5 Å². The van der Waals surface area contributed by atoms with Gasteiger partial charge in [-0.2, -0.15) is 0 Å². The summed E-state index contributed by atoms with van der Waals surface area (Å²) >= 11 is 1.68. The Hall–Kier alpha value is -1.94. The maximum absolute atomic E-state index is 11.3. The van der Waals surface area contributed by atoms with Crippen LogP contribution < -0.4 is 5.32 Å². The Kier molecular flexibility index (Phi) is 4.12. The zero-order valence-electron chi connectivity index (χ0n) is 11.0. The van der Waals surface area contributed by atoms with Crippen molar-refractivity contribution in [3.63, 3.8) is 0 Å². The standard InChI is InChI=1S/C15H16N2OS/c1-4-15(18)17-10(2)12-5-7-13(8-6-12)14-9-16-11(3)19-14/h4-10H,1H2,2-3H3,(H,17,18)/t10-/m1/s1. The Morgan fingerprint density at radius 3 is 2.63 bits per heavy atom. The fourth-order valence-corrected chi connectivity index (χ4v) is 2.57. The first-order valence-corrected chi connectivity index (χ1v) is 6.87. The molecule has 0 saturated heterocycles. The predicted octanol–water partition coefficient (Wildman–Crippen LogP) is 3.48. The lowest BCUT2D eigenvalue weighted by Crippen LogP contribution is -2.24. The first-order chi connectivity index (χ1) is 9.10. The molecule has 0 saturated carbocycles. The summed E-state index contributed by atoms with van der Waals surface area (Å²) in [5, 5.41) is 3.90. The number of nitrogens with one attached hydrogen (secondary N) is 1. The number of thiazole rings is 1. The summed E-state index contributed by atoms with van der Waals surface area (Å²) in [5.74, 6) is -0.158. The van der Waals surface area contributed by atoms with Crippen LogP contribution in [0.4, 0.5) is 0 Å². The van der Waals surface area contributed by atoms with Gasteiger partial charge in [0.15, 0.2) is 0 Å². The molecule has 0 aliphatic carbocycles. The third-order valence-electron chi connectivity index (χ3n) is 2.86. The summed E-state index contributed by atoms with van der Waals surface area (Å²) in [6.07, 6.45) is 3.17. The van der Waals surface area contributed by atoms with E-state index in [4.69, 9.17) is 0 Å². The lowest BCUT2D eigenvalue weighted by molar-refractivity contribution is -0.117. The molecule has 0 unspecified atom stereocenters. The van der Waals surface area contributed by atoms with Gasteiger partial charge in [-0.1, -0.05) is 30.8 Å². The van der Waals surface area contributed by atoms with E-state index in [9.17, 15) is 4.79 Å². The molecular formula is C15H16N2OS. The van der Waals surface area contributed by atoms with Gasteiger partial charge in [-0.05, 0) is 31.1 Å². The lowest BCUT2D eigenvalue weighted by atomic mass is 10.1. The van der Waals surface area contributed by atoms with Crippen LogP contribution in [-0.4, -0.2) is 10.9 Å². The van der Waals surface area contributed by atoms with E-state index >= 15 is 0 Å². The van der Waals surface area contributed by atoms with Gasteiger partial charge in [0.25, 0.3) is 0 Å². The molecule has 1 amide bonds. The average molecular weight is 272 g/mol. The molecule has 0 radical (unpaired) electrons. The van der Waals surface area contributed by atoms with Gasteiger partial charge in [0.05, 0.1) is 15.9 Å². The molecule has 0 spiro atoms. The zero-order chi connectivity index (χ0) is 13.8. The molecular weight excluding hydrogens is 256 g/mol. The maximum Gasteiger partial charge on any atom is 0.243 e. The van der Waals surface area contributed by atoms with E-state index < -0.39 is 0 Å². The molecule has 1 atom stereocenters. The molecule has 1 aromatic heterocycles. The number of amides is 1. The minimum absolute atomic E-state index is 0.0252. The normalized spacial score (nSPS) is 11.9. The van der Waals surface area contributed by atoms with Gasteiger partial charge in [0, 0.05) is 6.20 Å². The Bertz CT molecular complexity index is 586. The second kappa shape index (κ2) is 5.80. The molecule has 3 nitrogen and oxygen atoms in total. The second-order valence-corrected chi connectivity index (χ2v) is 5.53. The highest BCUT2D eigenvalue weighted by molar-refractivity contribution is 7.15. The number of aromatic nitrogens is 1. The van der Waals surface area contributed by atoms with Crippen LogP contribution in [0.25, 0.3) is 10.4 Å². The molecule has 19 heavy (non-hydrogen) atoms. The average Bonchev–Trinajstić information content (AvgIpc) is 2.85. The van der Waals surface area contributed by atoms with E-state index in [2.05, 4.69) is 29.0 Å². The van der Waals surface area contributed by atoms with Crippen LogP contribution >= 0.6 is 11.3 Å². The van der Waals surface area contributed by atoms with Gasteiger partial charge >= 0.3 is 0 Å². The molecule has 0 aliphatic heterocycles. The van der Waals surface area contributed by atoms with Crippen molar-refractivity contribution in [1.29, 1.82) is 0 Å². The van der Waals surface area contributed by atoms with Crippen LogP contribution in [0, 0.1) is 6.92 Å². The fraction of sp³-hybridized carbons (Fsp3) is 0.200. The Labute approximate surface area is 117 Å². The summed E-state index contributed by atoms with van der Waals surface area (Å²) in [6, 6.07) is 8.14. The van der Waals surface area contributed by atoms with Crippen molar-refractivity contribution in [2.75, 3.05) is 0 Å². The number of carbonyl (C=O) groups is 1. The van der Waals surface area contributed by atoms with Crippen molar-refractivity contribution in [3.05, 3.63) is 53.7 Å². The van der Waals surface area contributed by atoms with Crippen LogP contribution in [0.3, 0.4) is 0 Å². The molecule has 98 valence electrons. The van der Waals surface area contributed by atoms with Gasteiger partial charge in [-0.25, -0.2) is 4.98 Å². The second-order valence-electron chi connectivity index (χ2n) is 4.30. The molecule has 0 bridgehead atoms. The number of aryl methyl sites for hydroxylation is 1. The van der Waals surface area contributed by atoms with Gasteiger partial charge in [-0.3, -0.25) is 4.79 Å². The van der Waals surface area contributed by atoms with Crippen molar-refractivity contribution < 1.29 is 4.79 Å². The van der Waals surface area contributed by atoms with E-state index in [1.807, 2.05) is 32.2 Å². The zero-order valence-corrected chi connectivity index (χ0v) is 11.8. The smallest absolute Gasteiger partial charge is 0.243 e. The van der Waals surface area contributed by atoms with Gasteiger partial charge in [0.1, 0.15) is 0 Å². The molecule has 2 aromatic rings. The van der Waals surface area contributed by atoms with E-state index in [0.717, 1.165) is 21.0 Å². The van der Waals surface area contributed by atoms with E-state index in [0.29, 0.717) is 0 Å². The van der Waals surface area contributed by atoms with Gasteiger partial charge < -0.3 is 5.32 Å². The highest BCUT2D eigenvalue weighted by Gasteiger charge is 2.08. The van der Waals surface area contributed by atoms with Crippen molar-refractivity contribution in [2.45, 2.75) is 19.9 Å². The quantitative estimate of drug-likeness (QED) is 0.866. The molecule has 0 fully saturated rings. The summed E-state index contributed by atoms with van der Waals surface area (Å²) in [5.41, 5.74) is 2.22. The van der Waals surface area contributed by atoms with E-state index in [-0.39, 0.29) is 11.9 Å². The molecule has 1 N–H and O–H groups in total. The minimum atomic E-state index is -0.158.